The first-order valence-corrected chi connectivity index (χ1v) is 11.0. The second-order valence-corrected chi connectivity index (χ2v) is 8.41. The van der Waals surface area contributed by atoms with Crippen molar-refractivity contribution in [3.63, 3.8) is 0 Å². The van der Waals surface area contributed by atoms with Crippen LogP contribution in [0.1, 0.15) is 45.6 Å². The molecule has 4 N–H and O–H groups in total. The number of nitrogen functional groups attached to an aromatic ring is 1. The molecule has 33 heavy (non-hydrogen) atoms. The van der Waals surface area contributed by atoms with Crippen LogP contribution in [-0.4, -0.2) is 38.9 Å². The number of fused-ring (bicyclic) bond motifs is 1. The molecule has 0 spiro atoms. The molecular weight excluding hydrogens is 416 g/mol. The van der Waals surface area contributed by atoms with Crippen LogP contribution in [0.15, 0.2) is 36.5 Å². The third-order valence-corrected chi connectivity index (χ3v) is 5.88. The molecule has 8 nitrogen and oxygen atoms in total. The highest BCUT2D eigenvalue weighted by Crippen LogP contribution is 2.28. The van der Waals surface area contributed by atoms with E-state index in [1.807, 2.05) is 41.9 Å². The second kappa shape index (κ2) is 8.43. The van der Waals surface area contributed by atoms with E-state index in [4.69, 9.17) is 5.73 Å². The van der Waals surface area contributed by atoms with E-state index in [0.717, 1.165) is 41.8 Å². The first-order valence-electron chi connectivity index (χ1n) is 11.0. The highest BCUT2D eigenvalue weighted by molar-refractivity contribution is 5.98. The smallest absolute Gasteiger partial charge is 0.253 e. The highest BCUT2D eigenvalue weighted by atomic mass is 16.2. The van der Waals surface area contributed by atoms with Crippen LogP contribution in [0.4, 0.5) is 5.95 Å². The lowest BCUT2D eigenvalue weighted by molar-refractivity contribution is -0.120. The molecule has 0 saturated heterocycles. The van der Waals surface area contributed by atoms with Gasteiger partial charge in [0.2, 0.25) is 11.9 Å². The molecule has 1 saturated carbocycles. The van der Waals surface area contributed by atoms with Crippen molar-refractivity contribution in [1.29, 1.82) is 0 Å². The molecule has 0 bridgehead atoms. The van der Waals surface area contributed by atoms with E-state index in [1.54, 1.807) is 6.20 Å². The first kappa shape index (κ1) is 20.8. The lowest BCUT2D eigenvalue weighted by Gasteiger charge is -2.14. The van der Waals surface area contributed by atoms with Gasteiger partial charge < -0.3 is 20.9 Å². The Labute approximate surface area is 191 Å². The number of hydrogen-bond acceptors (Lipinski definition) is 5. The van der Waals surface area contributed by atoms with Gasteiger partial charge in [-0.15, -0.1) is 0 Å². The number of carbonyl (C=O) groups is 2. The van der Waals surface area contributed by atoms with E-state index < -0.39 is 0 Å². The van der Waals surface area contributed by atoms with Gasteiger partial charge in [-0.05, 0) is 36.6 Å². The van der Waals surface area contributed by atoms with Crippen LogP contribution < -0.4 is 16.4 Å². The number of rotatable bonds is 4. The molecule has 166 valence electrons. The summed E-state index contributed by atoms with van der Waals surface area (Å²) in [6.45, 7) is 0.608. The maximum absolute atomic E-state index is 12.3. The highest BCUT2D eigenvalue weighted by Gasteiger charge is 2.25. The third-order valence-electron chi connectivity index (χ3n) is 5.88. The molecule has 2 aromatic heterocycles. The zero-order valence-electron chi connectivity index (χ0n) is 18.3. The van der Waals surface area contributed by atoms with Crippen molar-refractivity contribution in [1.82, 2.24) is 25.2 Å². The SMILES string of the molecule is Cn1c(-c2nc(N)ncc2C#Cc2cccc(CC(=O)NC3CC3)c2)cc2c1CCNC2=O. The van der Waals surface area contributed by atoms with Gasteiger partial charge in [-0.25, -0.2) is 9.97 Å². The largest absolute Gasteiger partial charge is 0.368 e. The number of nitrogens with one attached hydrogen (secondary N) is 2. The fraction of sp³-hybridized carbons (Fsp3) is 0.280. The van der Waals surface area contributed by atoms with Gasteiger partial charge in [-0.2, -0.15) is 0 Å². The van der Waals surface area contributed by atoms with E-state index >= 15 is 0 Å². The number of hydrogen-bond donors (Lipinski definition) is 3. The minimum absolute atomic E-state index is 0.0357. The zero-order chi connectivity index (χ0) is 22.9. The predicted molar refractivity (Wildman–Crippen MR) is 124 cm³/mol. The Morgan fingerprint density at radius 3 is 2.94 bits per heavy atom. The average molecular weight is 441 g/mol. The Morgan fingerprint density at radius 1 is 1.30 bits per heavy atom. The summed E-state index contributed by atoms with van der Waals surface area (Å²) in [5.74, 6) is 6.40. The van der Waals surface area contributed by atoms with Crippen molar-refractivity contribution >= 4 is 17.8 Å². The van der Waals surface area contributed by atoms with Crippen LogP contribution in [-0.2, 0) is 24.7 Å². The summed E-state index contributed by atoms with van der Waals surface area (Å²) in [6, 6.07) is 9.82. The molecule has 3 aromatic rings. The summed E-state index contributed by atoms with van der Waals surface area (Å²) in [4.78, 5) is 32.9. The quantitative estimate of drug-likeness (QED) is 0.533. The van der Waals surface area contributed by atoms with E-state index in [2.05, 4.69) is 32.4 Å². The zero-order valence-corrected chi connectivity index (χ0v) is 18.3. The Balaban J connectivity index is 1.45. The second-order valence-electron chi connectivity index (χ2n) is 8.41. The van der Waals surface area contributed by atoms with Gasteiger partial charge in [-0.1, -0.05) is 24.0 Å². The molecule has 2 amide bonds. The number of nitrogens with two attached hydrogens (primary N) is 1. The summed E-state index contributed by atoms with van der Waals surface area (Å²) in [5, 5.41) is 5.87. The van der Waals surface area contributed by atoms with Crippen molar-refractivity contribution in [3.05, 3.63) is 64.5 Å². The summed E-state index contributed by atoms with van der Waals surface area (Å²) < 4.78 is 1.97. The number of aromatic nitrogens is 3. The Hall–Kier alpha value is -4.12. The fourth-order valence-corrected chi connectivity index (χ4v) is 4.03. The van der Waals surface area contributed by atoms with Gasteiger partial charge in [0.1, 0.15) is 5.69 Å². The van der Waals surface area contributed by atoms with Crippen molar-refractivity contribution in [2.75, 3.05) is 12.3 Å². The molecule has 1 aliphatic heterocycles. The van der Waals surface area contributed by atoms with Crippen LogP contribution in [0.2, 0.25) is 0 Å². The third kappa shape index (κ3) is 4.44. The van der Waals surface area contributed by atoms with Gasteiger partial charge in [0, 0.05) is 43.5 Å². The lowest BCUT2D eigenvalue weighted by atomic mass is 10.1. The van der Waals surface area contributed by atoms with Gasteiger partial charge in [-0.3, -0.25) is 9.59 Å². The van der Waals surface area contributed by atoms with Crippen molar-refractivity contribution < 1.29 is 9.59 Å². The maximum Gasteiger partial charge on any atom is 0.253 e. The topological polar surface area (TPSA) is 115 Å². The van der Waals surface area contributed by atoms with Gasteiger partial charge in [0.05, 0.1) is 23.2 Å². The van der Waals surface area contributed by atoms with Crippen LogP contribution >= 0.6 is 0 Å². The van der Waals surface area contributed by atoms with Crippen LogP contribution in [0.3, 0.4) is 0 Å². The average Bonchev–Trinajstić information content (AvgIpc) is 3.54. The van der Waals surface area contributed by atoms with Crippen LogP contribution in [0.25, 0.3) is 11.4 Å². The van der Waals surface area contributed by atoms with E-state index in [0.29, 0.717) is 35.8 Å². The summed E-state index contributed by atoms with van der Waals surface area (Å²) >= 11 is 0. The molecule has 1 aromatic carbocycles. The van der Waals surface area contributed by atoms with Gasteiger partial charge in [0.15, 0.2) is 0 Å². The van der Waals surface area contributed by atoms with Gasteiger partial charge >= 0.3 is 0 Å². The number of benzene rings is 1. The van der Waals surface area contributed by atoms with Gasteiger partial charge in [0.25, 0.3) is 5.91 Å². The first-order chi connectivity index (χ1) is 16.0. The molecule has 3 heterocycles. The molecule has 8 heteroatoms. The Morgan fingerprint density at radius 2 is 2.15 bits per heavy atom. The Bertz CT molecular complexity index is 1330. The fourth-order valence-electron chi connectivity index (χ4n) is 4.03. The molecule has 1 fully saturated rings. The normalized spacial score (nSPS) is 14.6. The van der Waals surface area contributed by atoms with Crippen LogP contribution in [0, 0.1) is 11.8 Å². The molecule has 0 unspecified atom stereocenters. The molecule has 1 aliphatic carbocycles. The van der Waals surface area contributed by atoms with Crippen molar-refractivity contribution in [3.8, 4) is 23.2 Å². The lowest BCUT2D eigenvalue weighted by Crippen LogP contribution is -2.31. The molecular formula is C25H24N6O2. The molecule has 5 rings (SSSR count). The summed E-state index contributed by atoms with van der Waals surface area (Å²) in [6.07, 6.45) is 4.82. The molecule has 2 aliphatic rings. The number of carbonyl (C=O) groups excluding carboxylic acids is 2. The predicted octanol–water partition coefficient (Wildman–Crippen LogP) is 1.57. The maximum atomic E-state index is 12.3. The minimum atomic E-state index is -0.0877. The Kier molecular flexibility index (Phi) is 5.31. The number of nitrogens with zero attached hydrogens (tertiary/aromatic N) is 3. The monoisotopic (exact) mass is 440 g/mol. The molecule has 0 atom stereocenters. The summed E-state index contributed by atoms with van der Waals surface area (Å²) in [7, 11) is 1.92. The van der Waals surface area contributed by atoms with Crippen molar-refractivity contribution in [2.45, 2.75) is 31.7 Å². The summed E-state index contributed by atoms with van der Waals surface area (Å²) in [5.41, 5.74) is 11.1. The van der Waals surface area contributed by atoms with E-state index in [-0.39, 0.29) is 17.8 Å². The van der Waals surface area contributed by atoms with Crippen molar-refractivity contribution in [2.24, 2.45) is 7.05 Å². The number of anilines is 1. The van der Waals surface area contributed by atoms with E-state index in [1.165, 1.54) is 0 Å². The standard InChI is InChI=1S/C25H24N6O2/c1-31-20-9-10-27-24(33)19(20)13-21(31)23-17(14-28-25(26)30-23)6-5-15-3-2-4-16(11-15)12-22(32)29-18-7-8-18/h2-4,11,13-14,18H,7-10,12H2,1H3,(H,27,33)(H,29,32)(H2,26,28,30). The molecule has 0 radical (unpaired) electrons. The minimum Gasteiger partial charge on any atom is -0.368 e. The van der Waals surface area contributed by atoms with Crippen LogP contribution in [0.5, 0.6) is 0 Å². The van der Waals surface area contributed by atoms with E-state index in [9.17, 15) is 9.59 Å². The number of amides is 2.